The molecule has 0 saturated carbocycles. The van der Waals surface area contributed by atoms with Gasteiger partial charge >= 0.3 is 0 Å². The Balaban J connectivity index is 2.61. The number of benzene rings is 2. The Bertz CT molecular complexity index is 506. The summed E-state index contributed by atoms with van der Waals surface area (Å²) in [5.74, 6) is 0. The van der Waals surface area contributed by atoms with Crippen molar-refractivity contribution in [3.63, 3.8) is 0 Å². The van der Waals surface area contributed by atoms with Crippen LogP contribution in [0.15, 0.2) is 48.5 Å². The van der Waals surface area contributed by atoms with E-state index in [1.807, 2.05) is 6.07 Å². The molecule has 0 heterocycles. The van der Waals surface area contributed by atoms with Gasteiger partial charge in [-0.05, 0) is 16.7 Å². The quantitative estimate of drug-likeness (QED) is 0.731. The SMILES string of the molecule is FCCc1cccc(C(F)F)c1-c1ccccc1. The first-order chi connectivity index (χ1) is 8.74. The molecule has 0 aromatic heterocycles. The molecule has 2 aromatic carbocycles. The van der Waals surface area contributed by atoms with E-state index in [0.717, 1.165) is 0 Å². The fraction of sp³-hybridized carbons (Fsp3) is 0.200. The minimum atomic E-state index is -2.56. The maximum atomic E-state index is 13.0. The molecule has 0 radical (unpaired) electrons. The third kappa shape index (κ3) is 2.55. The molecule has 0 N–H and O–H groups in total. The molecular weight excluding hydrogens is 237 g/mol. The molecule has 0 aliphatic carbocycles. The summed E-state index contributed by atoms with van der Waals surface area (Å²) in [6.45, 7) is -0.549. The van der Waals surface area contributed by atoms with Crippen LogP contribution >= 0.6 is 0 Å². The molecule has 0 bridgehead atoms. The summed E-state index contributed by atoms with van der Waals surface area (Å²) in [7, 11) is 0. The van der Waals surface area contributed by atoms with Gasteiger partial charge in [0.25, 0.3) is 6.43 Å². The maximum Gasteiger partial charge on any atom is 0.264 e. The van der Waals surface area contributed by atoms with E-state index in [2.05, 4.69) is 0 Å². The van der Waals surface area contributed by atoms with Crippen LogP contribution in [0.25, 0.3) is 11.1 Å². The van der Waals surface area contributed by atoms with Crippen molar-refractivity contribution in [2.75, 3.05) is 6.67 Å². The predicted octanol–water partition coefficient (Wildman–Crippen LogP) is 4.80. The van der Waals surface area contributed by atoms with Crippen molar-refractivity contribution in [1.82, 2.24) is 0 Å². The zero-order chi connectivity index (χ0) is 13.0. The second kappa shape index (κ2) is 5.71. The molecule has 2 rings (SSSR count). The first-order valence-electron chi connectivity index (χ1n) is 5.75. The summed E-state index contributed by atoms with van der Waals surface area (Å²) < 4.78 is 38.6. The van der Waals surface area contributed by atoms with Crippen LogP contribution in [-0.2, 0) is 6.42 Å². The van der Waals surface area contributed by atoms with Gasteiger partial charge in [0.2, 0.25) is 0 Å². The van der Waals surface area contributed by atoms with E-state index < -0.39 is 13.1 Å². The van der Waals surface area contributed by atoms with Crippen LogP contribution in [0, 0.1) is 0 Å². The summed E-state index contributed by atoms with van der Waals surface area (Å²) >= 11 is 0. The average Bonchev–Trinajstić information content (AvgIpc) is 2.40. The number of halogens is 3. The van der Waals surface area contributed by atoms with Gasteiger partial charge in [-0.1, -0.05) is 48.5 Å². The van der Waals surface area contributed by atoms with Crippen LogP contribution in [0.5, 0.6) is 0 Å². The van der Waals surface area contributed by atoms with Crippen LogP contribution in [0.1, 0.15) is 17.6 Å². The van der Waals surface area contributed by atoms with Crippen LogP contribution in [-0.4, -0.2) is 6.67 Å². The number of hydrogen-bond acceptors (Lipinski definition) is 0. The highest BCUT2D eigenvalue weighted by atomic mass is 19.3. The second-order valence-electron chi connectivity index (χ2n) is 3.99. The van der Waals surface area contributed by atoms with Crippen LogP contribution in [0.2, 0.25) is 0 Å². The lowest BCUT2D eigenvalue weighted by Crippen LogP contribution is -1.98. The topological polar surface area (TPSA) is 0 Å². The van der Waals surface area contributed by atoms with E-state index in [4.69, 9.17) is 0 Å². The smallest absolute Gasteiger partial charge is 0.251 e. The zero-order valence-electron chi connectivity index (χ0n) is 9.74. The summed E-state index contributed by atoms with van der Waals surface area (Å²) in [4.78, 5) is 0. The highest BCUT2D eigenvalue weighted by Gasteiger charge is 2.17. The van der Waals surface area contributed by atoms with Crippen molar-refractivity contribution < 1.29 is 13.2 Å². The van der Waals surface area contributed by atoms with Gasteiger partial charge in [-0.25, -0.2) is 8.78 Å². The zero-order valence-corrected chi connectivity index (χ0v) is 9.74. The highest BCUT2D eigenvalue weighted by Crippen LogP contribution is 2.34. The number of hydrogen-bond donors (Lipinski definition) is 0. The highest BCUT2D eigenvalue weighted by molar-refractivity contribution is 5.71. The molecule has 0 aliphatic heterocycles. The van der Waals surface area contributed by atoms with Gasteiger partial charge in [0.05, 0.1) is 6.67 Å². The lowest BCUT2D eigenvalue weighted by Gasteiger charge is -2.14. The summed E-state index contributed by atoms with van der Waals surface area (Å²) in [5, 5.41) is 0. The molecule has 0 atom stereocenters. The predicted molar refractivity (Wildman–Crippen MR) is 66.5 cm³/mol. The van der Waals surface area contributed by atoms with Crippen molar-refractivity contribution in [3.8, 4) is 11.1 Å². The van der Waals surface area contributed by atoms with E-state index in [0.29, 0.717) is 16.7 Å². The molecule has 0 saturated heterocycles. The molecule has 0 amide bonds. The van der Waals surface area contributed by atoms with Crippen molar-refractivity contribution in [2.45, 2.75) is 12.8 Å². The Labute approximate surface area is 104 Å². The maximum absolute atomic E-state index is 13.0. The van der Waals surface area contributed by atoms with E-state index in [-0.39, 0.29) is 12.0 Å². The largest absolute Gasteiger partial charge is 0.264 e. The summed E-state index contributed by atoms with van der Waals surface area (Å²) in [5.41, 5.74) is 1.76. The van der Waals surface area contributed by atoms with Crippen molar-refractivity contribution in [2.24, 2.45) is 0 Å². The van der Waals surface area contributed by atoms with Gasteiger partial charge < -0.3 is 0 Å². The third-order valence-electron chi connectivity index (χ3n) is 2.84. The fourth-order valence-corrected chi connectivity index (χ4v) is 2.07. The third-order valence-corrected chi connectivity index (χ3v) is 2.84. The Hall–Kier alpha value is -1.77. The molecule has 0 fully saturated rings. The van der Waals surface area contributed by atoms with Crippen molar-refractivity contribution >= 4 is 0 Å². The number of alkyl halides is 3. The van der Waals surface area contributed by atoms with Gasteiger partial charge in [0.15, 0.2) is 0 Å². The minimum absolute atomic E-state index is 0.0350. The Morgan fingerprint density at radius 2 is 1.61 bits per heavy atom. The Kier molecular flexibility index (Phi) is 4.03. The molecular formula is C15H13F3. The summed E-state index contributed by atoms with van der Waals surface area (Å²) in [6.07, 6.45) is -2.40. The first-order valence-corrected chi connectivity index (χ1v) is 5.75. The second-order valence-corrected chi connectivity index (χ2v) is 3.99. The average molecular weight is 250 g/mol. The van der Waals surface area contributed by atoms with Gasteiger partial charge in [-0.2, -0.15) is 0 Å². The van der Waals surface area contributed by atoms with Gasteiger partial charge in [0.1, 0.15) is 0 Å². The van der Waals surface area contributed by atoms with E-state index in [1.165, 1.54) is 6.07 Å². The van der Waals surface area contributed by atoms with Gasteiger partial charge in [-0.3, -0.25) is 4.39 Å². The number of rotatable bonds is 4. The lowest BCUT2D eigenvalue weighted by molar-refractivity contribution is 0.152. The fourth-order valence-electron chi connectivity index (χ4n) is 2.07. The van der Waals surface area contributed by atoms with Gasteiger partial charge in [0, 0.05) is 12.0 Å². The van der Waals surface area contributed by atoms with Crippen LogP contribution in [0.4, 0.5) is 13.2 Å². The molecule has 0 unspecified atom stereocenters. The molecule has 2 aromatic rings. The monoisotopic (exact) mass is 250 g/mol. The molecule has 18 heavy (non-hydrogen) atoms. The van der Waals surface area contributed by atoms with Crippen molar-refractivity contribution in [1.29, 1.82) is 0 Å². The van der Waals surface area contributed by atoms with Gasteiger partial charge in [-0.15, -0.1) is 0 Å². The first kappa shape index (κ1) is 12.7. The molecule has 0 spiro atoms. The van der Waals surface area contributed by atoms with E-state index >= 15 is 0 Å². The van der Waals surface area contributed by atoms with E-state index in [1.54, 1.807) is 36.4 Å². The molecule has 3 heteroatoms. The van der Waals surface area contributed by atoms with Crippen LogP contribution < -0.4 is 0 Å². The lowest BCUT2D eigenvalue weighted by atomic mass is 9.93. The number of aryl methyl sites for hydroxylation is 1. The van der Waals surface area contributed by atoms with E-state index in [9.17, 15) is 13.2 Å². The molecule has 0 aliphatic rings. The Morgan fingerprint density at radius 1 is 0.889 bits per heavy atom. The van der Waals surface area contributed by atoms with Crippen molar-refractivity contribution in [3.05, 3.63) is 59.7 Å². The standard InChI is InChI=1S/C15H13F3/c16-10-9-12-7-4-8-13(15(17)18)14(12)11-5-2-1-3-6-11/h1-8,15H,9-10H2. The van der Waals surface area contributed by atoms with Crippen LogP contribution in [0.3, 0.4) is 0 Å². The molecule has 0 nitrogen and oxygen atoms in total. The summed E-state index contributed by atoms with van der Waals surface area (Å²) in [6, 6.07) is 13.6. The normalized spacial score (nSPS) is 10.9. The minimum Gasteiger partial charge on any atom is -0.251 e. The molecule has 94 valence electrons. The Morgan fingerprint density at radius 3 is 2.22 bits per heavy atom.